The molecule has 0 aliphatic carbocycles. The van der Waals surface area contributed by atoms with Crippen LogP contribution in [0.2, 0.25) is 0 Å². The lowest BCUT2D eigenvalue weighted by molar-refractivity contribution is 1.31. The lowest BCUT2D eigenvalue weighted by atomic mass is 10.2. The van der Waals surface area contributed by atoms with Crippen molar-refractivity contribution in [3.8, 4) is 0 Å². The number of benzene rings is 2. The van der Waals surface area contributed by atoms with Gasteiger partial charge < -0.3 is 10.3 Å². The van der Waals surface area contributed by atoms with Crippen LogP contribution in [-0.2, 0) is 0 Å². The Morgan fingerprint density at radius 1 is 0.857 bits per heavy atom. The zero-order chi connectivity index (χ0) is 15.7. The molecule has 2 N–H and O–H groups in total. The Hall–Kier alpha value is -2.29. The van der Waals surface area contributed by atoms with Gasteiger partial charge in [0.1, 0.15) is 0 Å². The minimum atomic E-state index is 0.773. The van der Waals surface area contributed by atoms with Crippen LogP contribution in [0.1, 0.15) is 33.3 Å². The second-order valence-electron chi connectivity index (χ2n) is 4.09. The highest BCUT2D eigenvalue weighted by Gasteiger charge is 2.01. The first-order chi connectivity index (χ1) is 10.3. The van der Waals surface area contributed by atoms with E-state index in [1.807, 2.05) is 64.1 Å². The minimum absolute atomic E-state index is 0.773. The summed E-state index contributed by atoms with van der Waals surface area (Å²) in [5, 5.41) is 3.25. The Morgan fingerprint density at radius 3 is 2.10 bits per heavy atom. The third-order valence-electron chi connectivity index (χ3n) is 2.70. The molecule has 3 aromatic rings. The fourth-order valence-electron chi connectivity index (χ4n) is 1.79. The molecule has 0 aliphatic rings. The number of aromatic nitrogens is 2. The number of H-pyrrole nitrogens is 1. The number of fused-ring (bicyclic) bond motifs is 1. The van der Waals surface area contributed by atoms with E-state index in [1.54, 1.807) is 0 Å². The molecule has 112 valence electrons. The van der Waals surface area contributed by atoms with Crippen molar-refractivity contribution < 1.29 is 0 Å². The molecule has 0 radical (unpaired) electrons. The second kappa shape index (κ2) is 8.80. The molecule has 1 aromatic heterocycles. The van der Waals surface area contributed by atoms with Crippen LogP contribution in [0.4, 0.5) is 11.6 Å². The minimum Gasteiger partial charge on any atom is -0.326 e. The molecule has 0 unspecified atom stereocenters. The van der Waals surface area contributed by atoms with Crippen molar-refractivity contribution >= 4 is 22.7 Å². The summed E-state index contributed by atoms with van der Waals surface area (Å²) in [6.45, 7) is 10.1. The van der Waals surface area contributed by atoms with E-state index in [9.17, 15) is 0 Å². The van der Waals surface area contributed by atoms with Crippen molar-refractivity contribution in [2.75, 3.05) is 5.32 Å². The summed E-state index contributed by atoms with van der Waals surface area (Å²) in [5.74, 6) is 0.773. The van der Waals surface area contributed by atoms with E-state index in [-0.39, 0.29) is 0 Å². The van der Waals surface area contributed by atoms with E-state index < -0.39 is 0 Å². The number of hydrogen-bond donors (Lipinski definition) is 2. The van der Waals surface area contributed by atoms with Gasteiger partial charge in [-0.25, -0.2) is 4.98 Å². The molecule has 0 amide bonds. The molecule has 0 aliphatic heterocycles. The number of aryl methyl sites for hydroxylation is 1. The maximum atomic E-state index is 4.46. The van der Waals surface area contributed by atoms with Crippen LogP contribution in [0.3, 0.4) is 0 Å². The van der Waals surface area contributed by atoms with Crippen LogP contribution in [-0.4, -0.2) is 9.97 Å². The molecule has 3 heteroatoms. The van der Waals surface area contributed by atoms with Gasteiger partial charge in [0.15, 0.2) is 0 Å². The standard InChI is InChI=1S/C14H13N3.2C2H6/c1-10-6-8-11(9-7-10)15-14-16-12-4-2-3-5-13(12)17-14;2*1-2/h2-9H,1H3,(H2,15,16,17);2*1-2H3. The summed E-state index contributed by atoms with van der Waals surface area (Å²) in [6, 6.07) is 16.2. The van der Waals surface area contributed by atoms with E-state index in [0.29, 0.717) is 0 Å². The molecule has 1 heterocycles. The maximum absolute atomic E-state index is 4.46. The molecular weight excluding hydrogens is 258 g/mol. The van der Waals surface area contributed by atoms with Gasteiger partial charge in [0.25, 0.3) is 0 Å². The van der Waals surface area contributed by atoms with E-state index in [1.165, 1.54) is 5.56 Å². The summed E-state index contributed by atoms with van der Waals surface area (Å²) in [6.07, 6.45) is 0. The summed E-state index contributed by atoms with van der Waals surface area (Å²) in [7, 11) is 0. The zero-order valence-electron chi connectivity index (χ0n) is 13.6. The topological polar surface area (TPSA) is 40.7 Å². The number of aromatic amines is 1. The summed E-state index contributed by atoms with van der Waals surface area (Å²) < 4.78 is 0. The summed E-state index contributed by atoms with van der Waals surface area (Å²) in [5.41, 5.74) is 4.30. The predicted molar refractivity (Wildman–Crippen MR) is 93.3 cm³/mol. The van der Waals surface area contributed by atoms with Gasteiger partial charge in [0, 0.05) is 5.69 Å². The van der Waals surface area contributed by atoms with E-state index in [0.717, 1.165) is 22.7 Å². The molecule has 0 saturated carbocycles. The molecule has 21 heavy (non-hydrogen) atoms. The Balaban J connectivity index is 0.000000510. The first-order valence-corrected chi connectivity index (χ1v) is 7.60. The van der Waals surface area contributed by atoms with Crippen molar-refractivity contribution in [1.82, 2.24) is 9.97 Å². The van der Waals surface area contributed by atoms with Crippen molar-refractivity contribution in [1.29, 1.82) is 0 Å². The number of hydrogen-bond acceptors (Lipinski definition) is 2. The van der Waals surface area contributed by atoms with Gasteiger partial charge in [0.2, 0.25) is 5.95 Å². The van der Waals surface area contributed by atoms with Crippen LogP contribution >= 0.6 is 0 Å². The number of nitrogens with zero attached hydrogens (tertiary/aromatic N) is 1. The molecule has 0 atom stereocenters. The van der Waals surface area contributed by atoms with Gasteiger partial charge in [-0.15, -0.1) is 0 Å². The van der Waals surface area contributed by atoms with Crippen molar-refractivity contribution in [3.63, 3.8) is 0 Å². The SMILES string of the molecule is CC.CC.Cc1ccc(Nc2nc3ccccc3[nH]2)cc1. The second-order valence-corrected chi connectivity index (χ2v) is 4.09. The number of anilines is 2. The van der Waals surface area contributed by atoms with Crippen molar-refractivity contribution in [3.05, 3.63) is 54.1 Å². The average molecular weight is 283 g/mol. The monoisotopic (exact) mass is 283 g/mol. The number of imidazole rings is 1. The van der Waals surface area contributed by atoms with E-state index in [2.05, 4.69) is 34.3 Å². The van der Waals surface area contributed by atoms with Crippen LogP contribution in [0.25, 0.3) is 11.0 Å². The molecular formula is C18H25N3. The van der Waals surface area contributed by atoms with Gasteiger partial charge in [0.05, 0.1) is 11.0 Å². The summed E-state index contributed by atoms with van der Waals surface area (Å²) >= 11 is 0. The highest BCUT2D eigenvalue weighted by atomic mass is 15.1. The largest absolute Gasteiger partial charge is 0.326 e. The Kier molecular flexibility index (Phi) is 7.02. The highest BCUT2D eigenvalue weighted by Crippen LogP contribution is 2.18. The molecule has 2 aromatic carbocycles. The fourth-order valence-corrected chi connectivity index (χ4v) is 1.79. The number of para-hydroxylation sites is 2. The van der Waals surface area contributed by atoms with Gasteiger partial charge in [-0.3, -0.25) is 0 Å². The predicted octanol–water partition coefficient (Wildman–Crippen LogP) is 5.67. The first-order valence-electron chi connectivity index (χ1n) is 7.60. The number of nitrogens with one attached hydrogen (secondary N) is 2. The molecule has 3 rings (SSSR count). The third-order valence-corrected chi connectivity index (χ3v) is 2.70. The van der Waals surface area contributed by atoms with Crippen LogP contribution in [0, 0.1) is 6.92 Å². The van der Waals surface area contributed by atoms with Gasteiger partial charge in [-0.2, -0.15) is 0 Å². The molecule has 0 bridgehead atoms. The summed E-state index contributed by atoms with van der Waals surface area (Å²) in [4.78, 5) is 7.70. The average Bonchev–Trinajstić information content (AvgIpc) is 2.96. The van der Waals surface area contributed by atoms with E-state index >= 15 is 0 Å². The Labute approximate surface area is 127 Å². The van der Waals surface area contributed by atoms with Crippen molar-refractivity contribution in [2.45, 2.75) is 34.6 Å². The van der Waals surface area contributed by atoms with Gasteiger partial charge in [-0.05, 0) is 31.2 Å². The lowest BCUT2D eigenvalue weighted by Crippen LogP contribution is -1.91. The van der Waals surface area contributed by atoms with Crippen molar-refractivity contribution in [2.24, 2.45) is 0 Å². The smallest absolute Gasteiger partial charge is 0.205 e. The maximum Gasteiger partial charge on any atom is 0.205 e. The first kappa shape index (κ1) is 16.8. The fraction of sp³-hybridized carbons (Fsp3) is 0.278. The number of rotatable bonds is 2. The Bertz CT molecular complexity index is 606. The Morgan fingerprint density at radius 2 is 1.48 bits per heavy atom. The third kappa shape index (κ3) is 4.63. The molecule has 0 fully saturated rings. The molecule has 3 nitrogen and oxygen atoms in total. The van der Waals surface area contributed by atoms with Gasteiger partial charge in [-0.1, -0.05) is 57.5 Å². The highest BCUT2D eigenvalue weighted by molar-refractivity contribution is 5.78. The molecule has 0 saturated heterocycles. The normalized spacial score (nSPS) is 9.19. The van der Waals surface area contributed by atoms with E-state index in [4.69, 9.17) is 0 Å². The lowest BCUT2D eigenvalue weighted by Gasteiger charge is -2.02. The zero-order valence-corrected chi connectivity index (χ0v) is 13.6. The van der Waals surface area contributed by atoms with Crippen LogP contribution < -0.4 is 5.32 Å². The van der Waals surface area contributed by atoms with Crippen LogP contribution in [0.15, 0.2) is 48.5 Å². The van der Waals surface area contributed by atoms with Crippen LogP contribution in [0.5, 0.6) is 0 Å². The quantitative estimate of drug-likeness (QED) is 0.636. The van der Waals surface area contributed by atoms with Gasteiger partial charge >= 0.3 is 0 Å². The molecule has 0 spiro atoms.